The summed E-state index contributed by atoms with van der Waals surface area (Å²) in [4.78, 5) is 25.1. The fourth-order valence-electron chi connectivity index (χ4n) is 3.20. The van der Waals surface area contributed by atoms with E-state index in [4.69, 9.17) is 10.5 Å². The average molecular weight is 391 g/mol. The predicted molar refractivity (Wildman–Crippen MR) is 108 cm³/mol. The first-order valence-electron chi connectivity index (χ1n) is 9.08. The van der Waals surface area contributed by atoms with Gasteiger partial charge in [-0.1, -0.05) is 24.3 Å². The quantitative estimate of drug-likeness (QED) is 0.541. The molecule has 0 aliphatic rings. The van der Waals surface area contributed by atoms with Gasteiger partial charge in [0.25, 0.3) is 5.91 Å². The number of carbonyl (C=O) groups is 1. The fraction of sp³-hybridized carbons (Fsp3) is 0.143. The number of benzene rings is 2. The van der Waals surface area contributed by atoms with Crippen LogP contribution in [0.5, 0.6) is 5.75 Å². The molecule has 2 heterocycles. The van der Waals surface area contributed by atoms with Crippen molar-refractivity contribution in [1.82, 2.24) is 20.3 Å². The monoisotopic (exact) mass is 391 g/mol. The number of hydrogen-bond donors (Lipinski definition) is 2. The molecule has 0 fully saturated rings. The van der Waals surface area contributed by atoms with Crippen LogP contribution in [-0.4, -0.2) is 27.5 Å². The van der Waals surface area contributed by atoms with E-state index in [-0.39, 0.29) is 23.7 Å². The van der Waals surface area contributed by atoms with Gasteiger partial charge in [-0.2, -0.15) is 0 Å². The third-order valence-electron chi connectivity index (χ3n) is 4.46. The van der Waals surface area contributed by atoms with Crippen molar-refractivity contribution < 1.29 is 13.9 Å². The first-order valence-corrected chi connectivity index (χ1v) is 9.08. The number of rotatable bonds is 5. The standard InChI is InChI=1S/C21H18FN5O2/c1-2-29-16-9-10-24-17-12(5-3-6-13(16)17)11-25-20(28)19-14-7-4-8-15(22)18(14)26-21(23)27-19/h3-10H,2,11H2,1H3,(H,25,28)(H2,23,26,27). The van der Waals surface area contributed by atoms with E-state index in [9.17, 15) is 9.18 Å². The zero-order chi connectivity index (χ0) is 20.4. The van der Waals surface area contributed by atoms with E-state index < -0.39 is 11.7 Å². The highest BCUT2D eigenvalue weighted by Crippen LogP contribution is 2.26. The molecule has 4 rings (SSSR count). The van der Waals surface area contributed by atoms with Gasteiger partial charge in [0.1, 0.15) is 22.8 Å². The fourth-order valence-corrected chi connectivity index (χ4v) is 3.20. The van der Waals surface area contributed by atoms with E-state index in [0.29, 0.717) is 12.0 Å². The number of halogens is 1. The summed E-state index contributed by atoms with van der Waals surface area (Å²) in [6.07, 6.45) is 1.67. The summed E-state index contributed by atoms with van der Waals surface area (Å²) in [5, 5.41) is 3.97. The van der Waals surface area contributed by atoms with Gasteiger partial charge in [0.2, 0.25) is 5.95 Å². The van der Waals surface area contributed by atoms with Crippen molar-refractivity contribution in [3.63, 3.8) is 0 Å². The molecule has 3 N–H and O–H groups in total. The Hall–Kier alpha value is -3.81. The normalized spacial score (nSPS) is 11.0. The van der Waals surface area contributed by atoms with Gasteiger partial charge in [-0.3, -0.25) is 9.78 Å². The van der Waals surface area contributed by atoms with Crippen LogP contribution in [0.25, 0.3) is 21.8 Å². The van der Waals surface area contributed by atoms with Crippen LogP contribution in [0.3, 0.4) is 0 Å². The van der Waals surface area contributed by atoms with Crippen molar-refractivity contribution in [2.75, 3.05) is 12.3 Å². The van der Waals surface area contributed by atoms with E-state index in [1.54, 1.807) is 18.3 Å². The molecule has 0 bridgehead atoms. The average Bonchev–Trinajstić information content (AvgIpc) is 2.72. The largest absolute Gasteiger partial charge is 0.493 e. The van der Waals surface area contributed by atoms with Gasteiger partial charge >= 0.3 is 0 Å². The lowest BCUT2D eigenvalue weighted by Crippen LogP contribution is -2.25. The number of para-hydroxylation sites is 2. The molecule has 8 heteroatoms. The number of ether oxygens (including phenoxy) is 1. The molecule has 0 saturated heterocycles. The summed E-state index contributed by atoms with van der Waals surface area (Å²) >= 11 is 0. The van der Waals surface area contributed by atoms with Crippen LogP contribution < -0.4 is 15.8 Å². The maximum absolute atomic E-state index is 14.0. The molecule has 0 radical (unpaired) electrons. The van der Waals surface area contributed by atoms with Crippen molar-refractivity contribution in [2.24, 2.45) is 0 Å². The van der Waals surface area contributed by atoms with Crippen molar-refractivity contribution in [2.45, 2.75) is 13.5 Å². The van der Waals surface area contributed by atoms with Gasteiger partial charge in [-0.05, 0) is 30.7 Å². The summed E-state index contributed by atoms with van der Waals surface area (Å²) in [7, 11) is 0. The van der Waals surface area contributed by atoms with Crippen LogP contribution in [0.2, 0.25) is 0 Å². The van der Waals surface area contributed by atoms with Gasteiger partial charge in [-0.25, -0.2) is 14.4 Å². The van der Waals surface area contributed by atoms with E-state index in [1.807, 2.05) is 25.1 Å². The molecule has 4 aromatic rings. The number of nitrogens with two attached hydrogens (primary N) is 1. The van der Waals surface area contributed by atoms with Crippen molar-refractivity contribution in [3.05, 3.63) is 65.7 Å². The number of nitrogens with one attached hydrogen (secondary N) is 1. The van der Waals surface area contributed by atoms with E-state index in [0.717, 1.165) is 22.2 Å². The van der Waals surface area contributed by atoms with Crippen LogP contribution in [0.4, 0.5) is 10.3 Å². The van der Waals surface area contributed by atoms with Crippen molar-refractivity contribution >= 4 is 33.7 Å². The lowest BCUT2D eigenvalue weighted by Gasteiger charge is -2.11. The highest BCUT2D eigenvalue weighted by Gasteiger charge is 2.17. The second kappa shape index (κ2) is 7.67. The number of nitrogen functional groups attached to an aromatic ring is 1. The number of anilines is 1. The first-order chi connectivity index (χ1) is 14.1. The molecule has 1 amide bonds. The number of amides is 1. The van der Waals surface area contributed by atoms with Gasteiger partial charge in [-0.15, -0.1) is 0 Å². The molecule has 7 nitrogen and oxygen atoms in total. The summed E-state index contributed by atoms with van der Waals surface area (Å²) in [5.41, 5.74) is 7.25. The third kappa shape index (κ3) is 3.52. The molecular weight excluding hydrogens is 373 g/mol. The second-order valence-corrected chi connectivity index (χ2v) is 6.30. The number of carbonyl (C=O) groups excluding carboxylic acids is 1. The summed E-state index contributed by atoms with van der Waals surface area (Å²) in [5.74, 6) is -0.475. The van der Waals surface area contributed by atoms with Gasteiger partial charge in [0.05, 0.1) is 12.1 Å². The molecule has 0 saturated carbocycles. The molecule has 0 spiro atoms. The zero-order valence-corrected chi connectivity index (χ0v) is 15.6. The van der Waals surface area contributed by atoms with Crippen molar-refractivity contribution in [3.8, 4) is 5.75 Å². The SMILES string of the molecule is CCOc1ccnc2c(CNC(=O)c3nc(N)nc4c(F)cccc34)cccc12. The Kier molecular flexibility index (Phi) is 4.90. The minimum atomic E-state index is -0.563. The number of fused-ring (bicyclic) bond motifs is 2. The van der Waals surface area contributed by atoms with E-state index >= 15 is 0 Å². The topological polar surface area (TPSA) is 103 Å². The molecule has 29 heavy (non-hydrogen) atoms. The maximum Gasteiger partial charge on any atom is 0.271 e. The van der Waals surface area contributed by atoms with Crippen LogP contribution in [0.1, 0.15) is 23.0 Å². The second-order valence-electron chi connectivity index (χ2n) is 6.30. The molecule has 2 aromatic carbocycles. The Morgan fingerprint density at radius 1 is 1.10 bits per heavy atom. The highest BCUT2D eigenvalue weighted by molar-refractivity contribution is 6.04. The first kappa shape index (κ1) is 18.5. The van der Waals surface area contributed by atoms with E-state index in [1.165, 1.54) is 12.1 Å². The lowest BCUT2D eigenvalue weighted by molar-refractivity contribution is 0.0948. The molecular formula is C21H18FN5O2. The van der Waals surface area contributed by atoms with Crippen LogP contribution in [0.15, 0.2) is 48.7 Å². The van der Waals surface area contributed by atoms with Crippen LogP contribution >= 0.6 is 0 Å². The Morgan fingerprint density at radius 2 is 1.90 bits per heavy atom. The number of pyridine rings is 1. The molecule has 0 aliphatic heterocycles. The molecule has 0 aliphatic carbocycles. The Labute approximate surface area is 165 Å². The van der Waals surface area contributed by atoms with Gasteiger partial charge in [0.15, 0.2) is 0 Å². The summed E-state index contributed by atoms with van der Waals surface area (Å²) in [6.45, 7) is 2.66. The molecule has 2 aromatic heterocycles. The predicted octanol–water partition coefficient (Wildman–Crippen LogP) is 3.23. The number of aromatic nitrogens is 3. The number of nitrogens with zero attached hydrogens (tertiary/aromatic N) is 3. The minimum absolute atomic E-state index is 0.0123. The third-order valence-corrected chi connectivity index (χ3v) is 4.46. The Bertz CT molecular complexity index is 1230. The van der Waals surface area contributed by atoms with E-state index in [2.05, 4.69) is 20.3 Å². The number of hydrogen-bond acceptors (Lipinski definition) is 6. The lowest BCUT2D eigenvalue weighted by atomic mass is 10.1. The zero-order valence-electron chi connectivity index (χ0n) is 15.6. The van der Waals surface area contributed by atoms with Crippen LogP contribution in [0, 0.1) is 5.82 Å². The molecule has 146 valence electrons. The molecule has 0 atom stereocenters. The highest BCUT2D eigenvalue weighted by atomic mass is 19.1. The summed E-state index contributed by atoms with van der Waals surface area (Å²) in [6, 6.07) is 11.8. The van der Waals surface area contributed by atoms with Crippen molar-refractivity contribution in [1.29, 1.82) is 0 Å². The molecule has 0 unspecified atom stereocenters. The minimum Gasteiger partial charge on any atom is -0.493 e. The Morgan fingerprint density at radius 3 is 2.72 bits per heavy atom. The maximum atomic E-state index is 14.0. The van der Waals surface area contributed by atoms with Gasteiger partial charge in [0, 0.05) is 23.5 Å². The smallest absolute Gasteiger partial charge is 0.271 e. The van der Waals surface area contributed by atoms with Gasteiger partial charge < -0.3 is 15.8 Å². The summed E-state index contributed by atoms with van der Waals surface area (Å²) < 4.78 is 19.7. The van der Waals surface area contributed by atoms with Crippen LogP contribution in [-0.2, 0) is 6.54 Å². The Balaban J connectivity index is 1.65.